The zero-order valence-electron chi connectivity index (χ0n) is 14.5. The van der Waals surface area contributed by atoms with Gasteiger partial charge in [0, 0.05) is 23.3 Å². The standard InChI is InChI=1S/C19H20Cl2N2O3/c1-13-17(8-9-18(24)26-12-16-3-2-10-25-16)19(21)23(22-13)11-14-4-6-15(20)7-5-14/h4-9,16H,2-3,10-12H2,1H3/b9-8+. The Bertz CT molecular complexity index is 794. The molecule has 5 nitrogen and oxygen atoms in total. The van der Waals surface area contributed by atoms with E-state index in [2.05, 4.69) is 5.10 Å². The lowest BCUT2D eigenvalue weighted by atomic mass is 10.2. The molecular weight excluding hydrogens is 375 g/mol. The van der Waals surface area contributed by atoms with Crippen molar-refractivity contribution in [3.63, 3.8) is 0 Å². The van der Waals surface area contributed by atoms with Gasteiger partial charge < -0.3 is 9.47 Å². The van der Waals surface area contributed by atoms with Crippen LogP contribution >= 0.6 is 23.2 Å². The summed E-state index contributed by atoms with van der Waals surface area (Å²) in [5, 5.41) is 5.60. The van der Waals surface area contributed by atoms with Crippen LogP contribution in [0.3, 0.4) is 0 Å². The fourth-order valence-corrected chi connectivity index (χ4v) is 3.20. The van der Waals surface area contributed by atoms with Gasteiger partial charge in [-0.3, -0.25) is 0 Å². The summed E-state index contributed by atoms with van der Waals surface area (Å²) in [5.74, 6) is -0.415. The molecule has 0 aliphatic carbocycles. The molecule has 0 radical (unpaired) electrons. The van der Waals surface area contributed by atoms with Crippen molar-refractivity contribution in [1.82, 2.24) is 9.78 Å². The highest BCUT2D eigenvalue weighted by atomic mass is 35.5. The van der Waals surface area contributed by atoms with Crippen molar-refractivity contribution in [3.05, 3.63) is 57.3 Å². The molecule has 7 heteroatoms. The fourth-order valence-electron chi connectivity index (χ4n) is 2.77. The summed E-state index contributed by atoms with van der Waals surface area (Å²) < 4.78 is 12.3. The van der Waals surface area contributed by atoms with E-state index in [1.54, 1.807) is 10.8 Å². The Morgan fingerprint density at radius 3 is 2.85 bits per heavy atom. The van der Waals surface area contributed by atoms with Crippen LogP contribution in [0.5, 0.6) is 0 Å². The second-order valence-corrected chi connectivity index (χ2v) is 6.97. The van der Waals surface area contributed by atoms with Crippen LogP contribution in [-0.2, 0) is 20.8 Å². The Hall–Kier alpha value is -1.82. The molecule has 26 heavy (non-hydrogen) atoms. The molecule has 2 heterocycles. The van der Waals surface area contributed by atoms with Crippen LogP contribution in [0.2, 0.25) is 10.2 Å². The third kappa shape index (κ3) is 4.87. The maximum Gasteiger partial charge on any atom is 0.330 e. The number of aromatic nitrogens is 2. The average molecular weight is 395 g/mol. The predicted molar refractivity (Wildman–Crippen MR) is 101 cm³/mol. The predicted octanol–water partition coefficient (Wildman–Crippen LogP) is 4.28. The molecule has 1 saturated heterocycles. The van der Waals surface area contributed by atoms with E-state index < -0.39 is 5.97 Å². The van der Waals surface area contributed by atoms with Gasteiger partial charge in [0.1, 0.15) is 11.8 Å². The number of hydrogen-bond donors (Lipinski definition) is 0. The Balaban J connectivity index is 1.63. The second kappa shape index (κ2) is 8.71. The van der Waals surface area contributed by atoms with Crippen molar-refractivity contribution < 1.29 is 14.3 Å². The number of carbonyl (C=O) groups excluding carboxylic acids is 1. The highest BCUT2D eigenvalue weighted by molar-refractivity contribution is 6.31. The minimum Gasteiger partial charge on any atom is -0.460 e. The number of benzene rings is 1. The topological polar surface area (TPSA) is 53.4 Å². The summed E-state index contributed by atoms with van der Waals surface area (Å²) in [4.78, 5) is 11.9. The number of carbonyl (C=O) groups is 1. The van der Waals surface area contributed by atoms with Crippen molar-refractivity contribution in [2.45, 2.75) is 32.4 Å². The number of nitrogens with zero attached hydrogens (tertiary/aromatic N) is 2. The van der Waals surface area contributed by atoms with Crippen molar-refractivity contribution >= 4 is 35.2 Å². The van der Waals surface area contributed by atoms with Crippen molar-refractivity contribution in [3.8, 4) is 0 Å². The van der Waals surface area contributed by atoms with Crippen LogP contribution in [0, 0.1) is 6.92 Å². The van der Waals surface area contributed by atoms with E-state index in [4.69, 9.17) is 32.7 Å². The van der Waals surface area contributed by atoms with Gasteiger partial charge in [0.25, 0.3) is 0 Å². The minimum absolute atomic E-state index is 0.0137. The molecule has 1 aliphatic heterocycles. The molecule has 0 N–H and O–H groups in total. The van der Waals surface area contributed by atoms with Gasteiger partial charge in [-0.25, -0.2) is 9.48 Å². The molecule has 3 rings (SSSR count). The van der Waals surface area contributed by atoms with E-state index in [0.717, 1.165) is 30.7 Å². The van der Waals surface area contributed by atoms with E-state index in [9.17, 15) is 4.79 Å². The quantitative estimate of drug-likeness (QED) is 0.541. The molecule has 1 atom stereocenters. The highest BCUT2D eigenvalue weighted by Crippen LogP contribution is 2.23. The van der Waals surface area contributed by atoms with Crippen LogP contribution in [0.25, 0.3) is 6.08 Å². The minimum atomic E-state index is -0.415. The second-order valence-electron chi connectivity index (χ2n) is 6.17. The molecule has 1 aromatic heterocycles. The molecule has 0 bridgehead atoms. The number of aryl methyl sites for hydroxylation is 1. The van der Waals surface area contributed by atoms with Gasteiger partial charge in [-0.05, 0) is 43.5 Å². The van der Waals surface area contributed by atoms with Crippen LogP contribution < -0.4 is 0 Å². The molecule has 1 aliphatic rings. The Morgan fingerprint density at radius 2 is 2.15 bits per heavy atom. The molecular formula is C19H20Cl2N2O3. The van der Waals surface area contributed by atoms with E-state index in [1.807, 2.05) is 31.2 Å². The lowest BCUT2D eigenvalue weighted by molar-refractivity contribution is -0.140. The zero-order valence-corrected chi connectivity index (χ0v) is 16.0. The van der Waals surface area contributed by atoms with Crippen LogP contribution in [0.15, 0.2) is 30.3 Å². The van der Waals surface area contributed by atoms with E-state index >= 15 is 0 Å². The maximum absolute atomic E-state index is 11.9. The van der Waals surface area contributed by atoms with Crippen LogP contribution in [0.4, 0.5) is 0 Å². The molecule has 1 fully saturated rings. The Morgan fingerprint density at radius 1 is 1.38 bits per heavy atom. The first-order valence-corrected chi connectivity index (χ1v) is 9.22. The van der Waals surface area contributed by atoms with Gasteiger partial charge in [-0.15, -0.1) is 0 Å². The van der Waals surface area contributed by atoms with Gasteiger partial charge in [-0.1, -0.05) is 35.3 Å². The number of ether oxygens (including phenoxy) is 2. The highest BCUT2D eigenvalue weighted by Gasteiger charge is 2.17. The first-order valence-electron chi connectivity index (χ1n) is 8.46. The average Bonchev–Trinajstić information content (AvgIpc) is 3.23. The third-order valence-corrected chi connectivity index (χ3v) is 4.83. The van der Waals surface area contributed by atoms with Crippen molar-refractivity contribution in [2.75, 3.05) is 13.2 Å². The molecule has 138 valence electrons. The number of esters is 1. The maximum atomic E-state index is 11.9. The fraction of sp³-hybridized carbons (Fsp3) is 0.368. The molecule has 0 amide bonds. The van der Waals surface area contributed by atoms with Gasteiger partial charge in [0.15, 0.2) is 0 Å². The lowest BCUT2D eigenvalue weighted by Crippen LogP contribution is -2.16. The normalized spacial score (nSPS) is 17.1. The van der Waals surface area contributed by atoms with Gasteiger partial charge in [-0.2, -0.15) is 5.10 Å². The van der Waals surface area contributed by atoms with Crippen molar-refractivity contribution in [1.29, 1.82) is 0 Å². The SMILES string of the molecule is Cc1nn(Cc2ccc(Cl)cc2)c(Cl)c1/C=C/C(=O)OCC1CCCO1. The van der Waals surface area contributed by atoms with E-state index in [0.29, 0.717) is 22.3 Å². The van der Waals surface area contributed by atoms with Gasteiger partial charge in [0.05, 0.1) is 18.3 Å². The molecule has 1 unspecified atom stereocenters. The number of rotatable bonds is 6. The molecule has 0 spiro atoms. The summed E-state index contributed by atoms with van der Waals surface area (Å²) >= 11 is 12.3. The third-order valence-electron chi connectivity index (χ3n) is 4.18. The van der Waals surface area contributed by atoms with E-state index in [1.165, 1.54) is 6.08 Å². The van der Waals surface area contributed by atoms with Gasteiger partial charge in [0.2, 0.25) is 0 Å². The first kappa shape index (κ1) is 19.0. The Kier molecular flexibility index (Phi) is 6.35. The number of hydrogen-bond acceptors (Lipinski definition) is 4. The summed E-state index contributed by atoms with van der Waals surface area (Å²) in [5.41, 5.74) is 2.48. The Labute approximate surface area is 162 Å². The summed E-state index contributed by atoms with van der Waals surface area (Å²) in [6.07, 6.45) is 4.97. The van der Waals surface area contributed by atoms with Gasteiger partial charge >= 0.3 is 5.97 Å². The lowest BCUT2D eigenvalue weighted by Gasteiger charge is -2.08. The zero-order chi connectivity index (χ0) is 18.5. The molecule has 0 saturated carbocycles. The smallest absolute Gasteiger partial charge is 0.330 e. The summed E-state index contributed by atoms with van der Waals surface area (Å²) in [6, 6.07) is 7.50. The molecule has 1 aromatic carbocycles. The number of halogens is 2. The largest absolute Gasteiger partial charge is 0.460 e. The summed E-state index contributed by atoms with van der Waals surface area (Å²) in [6.45, 7) is 3.39. The first-order chi connectivity index (χ1) is 12.5. The monoisotopic (exact) mass is 394 g/mol. The summed E-state index contributed by atoms with van der Waals surface area (Å²) in [7, 11) is 0. The molecule has 2 aromatic rings. The van der Waals surface area contributed by atoms with E-state index in [-0.39, 0.29) is 12.7 Å². The van der Waals surface area contributed by atoms with Crippen molar-refractivity contribution in [2.24, 2.45) is 0 Å². The van der Waals surface area contributed by atoms with Crippen LogP contribution in [-0.4, -0.2) is 35.1 Å². The van der Waals surface area contributed by atoms with Crippen LogP contribution in [0.1, 0.15) is 29.7 Å².